The molecule has 0 aromatic heterocycles. The quantitative estimate of drug-likeness (QED) is 0.0199. The van der Waals surface area contributed by atoms with Crippen molar-refractivity contribution >= 4 is 71.6 Å². The molecule has 44 nitrogen and oxygen atoms in total. The Kier molecular flexibility index (Phi) is 82.4. The van der Waals surface area contributed by atoms with Gasteiger partial charge >= 0.3 is 68.3 Å². The van der Waals surface area contributed by atoms with E-state index in [1.807, 2.05) is 0 Å². The van der Waals surface area contributed by atoms with E-state index in [0.29, 0.717) is 78.9 Å². The van der Waals surface area contributed by atoms with Gasteiger partial charge in [0, 0.05) is 208 Å². The van der Waals surface area contributed by atoms with Crippen LogP contribution in [0.3, 0.4) is 0 Å². The summed E-state index contributed by atoms with van der Waals surface area (Å²) in [5.41, 5.74) is 48.6. The number of hydrogen-bond acceptors (Lipinski definition) is 44. The molecule has 0 unspecified atom stereocenters. The number of aliphatic hydroxyl groups is 2. The van der Waals surface area contributed by atoms with E-state index >= 15 is 0 Å². The summed E-state index contributed by atoms with van der Waals surface area (Å²) in [6.45, 7) is 5.13. The summed E-state index contributed by atoms with van der Waals surface area (Å²) in [7, 11) is 0. The third kappa shape index (κ3) is 60.8. The van der Waals surface area contributed by atoms with Crippen LogP contribution in [0.2, 0.25) is 0 Å². The number of carboxylic acid groups (broad SMARTS) is 12. The normalized spacial score (nSPS) is 10.7. The van der Waals surface area contributed by atoms with Crippen molar-refractivity contribution in [2.75, 3.05) is 132 Å². The molecule has 0 fully saturated rings. The number of carboxylic acids is 12. The number of nitrogens with two attached hydrogens (primary N) is 12. The number of aliphatic hydroxyl groups excluding tert-OH is 2. The first-order valence-electron chi connectivity index (χ1n) is 27.5. The van der Waals surface area contributed by atoms with Gasteiger partial charge in [-0.25, -0.2) is 0 Å². The fourth-order valence-corrected chi connectivity index (χ4v) is 7.65. The maximum absolute atomic E-state index is 11.0. The maximum Gasteiger partial charge on any atom is 3.00 e. The van der Waals surface area contributed by atoms with Crippen molar-refractivity contribution in [2.24, 2.45) is 68.8 Å². The number of ether oxygens (including phenoxy) is 6. The van der Waals surface area contributed by atoms with Gasteiger partial charge in [-0.1, -0.05) is 0 Å². The fourth-order valence-electron chi connectivity index (χ4n) is 7.65. The Balaban J connectivity index is -0.000000107. The van der Waals surface area contributed by atoms with Crippen LogP contribution in [-0.4, -0.2) is 247 Å². The molecule has 48 heteroatoms. The first-order valence-corrected chi connectivity index (χ1v) is 27.5. The molecule has 0 aromatic carbocycles. The Bertz CT molecular complexity index is 1860. The molecule has 0 atom stereocenters. The van der Waals surface area contributed by atoms with E-state index in [1.165, 1.54) is 0 Å². The monoisotopic (exact) mass is 1590 g/mol. The third-order valence-corrected chi connectivity index (χ3v) is 11.2. The van der Waals surface area contributed by atoms with Gasteiger partial charge in [-0.05, 0) is 0 Å². The van der Waals surface area contributed by atoms with Gasteiger partial charge in [0.15, 0.2) is 0 Å². The van der Waals surface area contributed by atoms with Crippen LogP contribution in [0.5, 0.6) is 0 Å². The van der Waals surface area contributed by atoms with E-state index < -0.39 is 202 Å². The third-order valence-electron chi connectivity index (χ3n) is 11.2. The van der Waals surface area contributed by atoms with Crippen LogP contribution >= 0.6 is 0 Å². The van der Waals surface area contributed by atoms with Crippen molar-refractivity contribution in [3.63, 3.8) is 0 Å². The van der Waals surface area contributed by atoms with E-state index in [0.717, 1.165) is 0 Å². The molecule has 0 spiro atoms. The number of aliphatic carboxylic acids is 12. The van der Waals surface area contributed by atoms with Crippen LogP contribution in [0.25, 0.3) is 0 Å². The fraction of sp³-hybridized carbons (Fsp3) is 0.760. The molecule has 0 heterocycles. The Morgan fingerprint density at radius 3 is 0.429 bits per heavy atom. The molecule has 98 heavy (non-hydrogen) atoms. The van der Waals surface area contributed by atoms with Crippen molar-refractivity contribution in [1.29, 1.82) is 0 Å². The predicted molar refractivity (Wildman–Crippen MR) is 290 cm³/mol. The molecule has 0 aliphatic carbocycles. The molecular weight excluding hydrogens is 1500 g/mol. The molecule has 0 rings (SSSR count). The van der Waals surface area contributed by atoms with Crippen LogP contribution in [0.4, 0.5) is 0 Å². The van der Waals surface area contributed by atoms with Gasteiger partial charge in [0.2, 0.25) is 0 Å². The minimum Gasteiger partial charge on any atom is -0.550 e. The molecule has 574 valence electrons. The summed E-state index contributed by atoms with van der Waals surface area (Å²) in [5, 5.41) is 146. The average molecular weight is 1590 g/mol. The Morgan fingerprint density at radius 1 is 0.235 bits per heavy atom. The van der Waals surface area contributed by atoms with E-state index in [9.17, 15) is 119 Å². The predicted octanol–water partition coefficient (Wildman–Crippen LogP) is -25.4. The molecule has 0 amide bonds. The zero-order valence-corrected chi connectivity index (χ0v) is 57.5. The Hall–Kier alpha value is -5.08. The van der Waals surface area contributed by atoms with Crippen molar-refractivity contribution < 1.29 is 226 Å². The molecular formula is C50H90Fe4N12O32. The second-order valence-corrected chi connectivity index (χ2v) is 19.0. The smallest absolute Gasteiger partial charge is 0.550 e. The van der Waals surface area contributed by atoms with E-state index in [-0.39, 0.29) is 101 Å². The van der Waals surface area contributed by atoms with Gasteiger partial charge in [0.1, 0.15) is 0 Å². The van der Waals surface area contributed by atoms with E-state index in [4.69, 9.17) is 107 Å². The van der Waals surface area contributed by atoms with Crippen LogP contribution in [0.1, 0.15) is 77.0 Å². The van der Waals surface area contributed by atoms with Crippen LogP contribution < -0.4 is 130 Å². The molecule has 0 aromatic rings. The standard InChI is InChI=1S/3C12H20N2O9.3C4H12N2O.C2H6O2.4Fe/c3*13-1-2-23-12(5-9(19)20,6-10(21)22)11(14,3-7(15)16)4-8(17)18;3*5-1-3-7-4-2-6;3-1-2-4;;;;/h3*1-6,13-14H2,(H,15,16)(H,17,18)(H,19,20)(H,21,22);3*1-6H2;3-4H,1-2H2;;;;/q;;;;;;;4*+3/p-12. The number of carbonyl (C=O) groups excluding carboxylic acids is 12. The van der Waals surface area contributed by atoms with Crippen molar-refractivity contribution in [2.45, 2.75) is 110 Å². The van der Waals surface area contributed by atoms with Gasteiger partial charge in [-0.15, -0.1) is 0 Å². The van der Waals surface area contributed by atoms with Gasteiger partial charge in [-0.3, -0.25) is 0 Å². The van der Waals surface area contributed by atoms with Crippen LogP contribution in [0, 0.1) is 0 Å². The summed E-state index contributed by atoms with van der Waals surface area (Å²) in [6, 6.07) is 0. The second kappa shape index (κ2) is 69.0. The zero-order valence-electron chi connectivity index (χ0n) is 53.1. The molecule has 0 saturated carbocycles. The van der Waals surface area contributed by atoms with Crippen molar-refractivity contribution in [1.82, 2.24) is 0 Å². The molecule has 4 radical (unpaired) electrons. The first-order chi connectivity index (χ1) is 43.6. The van der Waals surface area contributed by atoms with Crippen LogP contribution in [0.15, 0.2) is 0 Å². The van der Waals surface area contributed by atoms with E-state index in [1.54, 1.807) is 0 Å². The van der Waals surface area contributed by atoms with E-state index in [2.05, 4.69) is 0 Å². The Labute approximate surface area is 605 Å². The van der Waals surface area contributed by atoms with Gasteiger partial charge in [0.05, 0.1) is 106 Å². The second-order valence-electron chi connectivity index (χ2n) is 19.0. The maximum atomic E-state index is 11.0. The minimum atomic E-state index is -2.47. The summed E-state index contributed by atoms with van der Waals surface area (Å²) in [6.07, 6.45) is -14.4. The van der Waals surface area contributed by atoms with Crippen molar-refractivity contribution in [3.05, 3.63) is 0 Å². The molecule has 0 aliphatic rings. The summed E-state index contributed by atoms with van der Waals surface area (Å²) < 4.78 is 29.9. The molecule has 0 aliphatic heterocycles. The SMILES string of the molecule is NCCOC(CC(=O)[O-])(CC(=O)[O-])C(N)(CC(=O)[O-])CC(=O)[O-].NCCOC(CC(=O)[O-])(CC(=O)[O-])C(N)(CC(=O)[O-])CC(=O)[O-].NCCOC(CC(=O)[O-])(CC(=O)[O-])C(N)(CC(=O)[O-])CC(=O)[O-].NCCOCCN.NCCOCCN.NCCOCCN.OCCO.[Fe+3].[Fe+3].[Fe+3].[Fe+3]. The van der Waals surface area contributed by atoms with Crippen molar-refractivity contribution in [3.8, 4) is 0 Å². The summed E-state index contributed by atoms with van der Waals surface area (Å²) >= 11 is 0. The first kappa shape index (κ1) is 117. The topological polar surface area (TPSA) is 890 Å². The summed E-state index contributed by atoms with van der Waals surface area (Å²) in [5.74, 6) is -22.1. The number of carbonyl (C=O) groups is 12. The minimum absolute atomic E-state index is 0. The van der Waals surface area contributed by atoms with Gasteiger partial charge in [0.25, 0.3) is 0 Å². The van der Waals surface area contributed by atoms with Gasteiger partial charge in [-0.2, -0.15) is 0 Å². The average Bonchev–Trinajstić information content (AvgIpc) is 0.791. The Morgan fingerprint density at radius 2 is 0.347 bits per heavy atom. The zero-order chi connectivity index (χ0) is 74.8. The van der Waals surface area contributed by atoms with Crippen LogP contribution in [-0.2, 0) is 154 Å². The summed E-state index contributed by atoms with van der Waals surface area (Å²) in [4.78, 5) is 131. The number of rotatable bonds is 49. The number of hydrogen-bond donors (Lipinski definition) is 14. The molecule has 0 saturated heterocycles. The molecule has 0 bridgehead atoms. The van der Waals surface area contributed by atoms with Gasteiger partial charge < -0.3 is 226 Å². The largest absolute Gasteiger partial charge is 3.00 e. The molecule has 26 N–H and O–H groups in total.